The van der Waals surface area contributed by atoms with Crippen LogP contribution in [0.4, 0.5) is 11.4 Å². The third-order valence-corrected chi connectivity index (χ3v) is 4.15. The van der Waals surface area contributed by atoms with Crippen molar-refractivity contribution < 1.29 is 4.92 Å². The molecule has 0 bridgehead atoms. The van der Waals surface area contributed by atoms with Crippen LogP contribution in [0.2, 0.25) is 0 Å². The Hall–Kier alpha value is -2.89. The van der Waals surface area contributed by atoms with Crippen molar-refractivity contribution in [2.75, 3.05) is 31.1 Å². The van der Waals surface area contributed by atoms with E-state index >= 15 is 0 Å². The van der Waals surface area contributed by atoms with Crippen molar-refractivity contribution in [2.24, 2.45) is 5.10 Å². The van der Waals surface area contributed by atoms with Crippen molar-refractivity contribution >= 4 is 17.6 Å². The zero-order valence-corrected chi connectivity index (χ0v) is 13.6. The van der Waals surface area contributed by atoms with E-state index in [1.807, 2.05) is 5.01 Å². The number of nitro benzene ring substituents is 1. The molecule has 1 aliphatic heterocycles. The topological polar surface area (TPSA) is 62.0 Å². The maximum absolute atomic E-state index is 11.0. The van der Waals surface area contributed by atoms with Gasteiger partial charge >= 0.3 is 0 Å². The lowest BCUT2D eigenvalue weighted by molar-refractivity contribution is -0.385. The molecule has 6 nitrogen and oxygen atoms in total. The van der Waals surface area contributed by atoms with Crippen LogP contribution in [-0.2, 0) is 0 Å². The number of nitrogens with zero attached hydrogens (tertiary/aromatic N) is 4. The molecular formula is C18H20N4O2. The number of hydrogen-bond donors (Lipinski definition) is 0. The van der Waals surface area contributed by atoms with Gasteiger partial charge in [0, 0.05) is 24.8 Å². The zero-order valence-electron chi connectivity index (χ0n) is 13.6. The van der Waals surface area contributed by atoms with Crippen LogP contribution in [0.3, 0.4) is 0 Å². The highest BCUT2D eigenvalue weighted by Gasteiger charge is 2.16. The molecule has 1 fully saturated rings. The average molecular weight is 324 g/mol. The molecular weight excluding hydrogens is 304 g/mol. The van der Waals surface area contributed by atoms with E-state index in [9.17, 15) is 10.1 Å². The SMILES string of the molecule is Cc1ccc(N2CCN(/N=C/c3ccccc3[N+](=O)[O-])CC2)cc1. The van der Waals surface area contributed by atoms with E-state index in [1.54, 1.807) is 24.4 Å². The Morgan fingerprint density at radius 2 is 1.71 bits per heavy atom. The normalized spacial score (nSPS) is 15.0. The van der Waals surface area contributed by atoms with E-state index in [0.29, 0.717) is 5.56 Å². The summed E-state index contributed by atoms with van der Waals surface area (Å²) in [5.41, 5.74) is 3.09. The molecule has 124 valence electrons. The van der Waals surface area contributed by atoms with Gasteiger partial charge in [-0.3, -0.25) is 15.1 Å². The van der Waals surface area contributed by atoms with Crippen LogP contribution in [0.1, 0.15) is 11.1 Å². The summed E-state index contributed by atoms with van der Waals surface area (Å²) >= 11 is 0. The van der Waals surface area contributed by atoms with E-state index in [1.165, 1.54) is 17.3 Å². The lowest BCUT2D eigenvalue weighted by Crippen LogP contribution is -2.44. The third-order valence-electron chi connectivity index (χ3n) is 4.15. The van der Waals surface area contributed by atoms with Gasteiger partial charge in [-0.1, -0.05) is 29.8 Å². The van der Waals surface area contributed by atoms with Crippen LogP contribution in [0, 0.1) is 17.0 Å². The Bertz CT molecular complexity index is 735. The molecule has 1 saturated heterocycles. The Balaban J connectivity index is 1.61. The van der Waals surface area contributed by atoms with Crippen LogP contribution in [0.15, 0.2) is 53.6 Å². The largest absolute Gasteiger partial charge is 0.368 e. The first-order valence-corrected chi connectivity index (χ1v) is 7.97. The van der Waals surface area contributed by atoms with Crippen molar-refractivity contribution in [3.8, 4) is 0 Å². The second-order valence-corrected chi connectivity index (χ2v) is 5.84. The summed E-state index contributed by atoms with van der Waals surface area (Å²) in [5, 5.41) is 17.4. The van der Waals surface area contributed by atoms with Gasteiger partial charge in [0.25, 0.3) is 5.69 Å². The van der Waals surface area contributed by atoms with Crippen molar-refractivity contribution in [3.63, 3.8) is 0 Å². The van der Waals surface area contributed by atoms with Crippen molar-refractivity contribution in [1.29, 1.82) is 0 Å². The van der Waals surface area contributed by atoms with Crippen LogP contribution < -0.4 is 4.90 Å². The second kappa shape index (κ2) is 7.12. The summed E-state index contributed by atoms with van der Waals surface area (Å²) in [6.07, 6.45) is 1.58. The Morgan fingerprint density at radius 3 is 2.38 bits per heavy atom. The maximum Gasteiger partial charge on any atom is 0.278 e. The van der Waals surface area contributed by atoms with Gasteiger partial charge in [0.2, 0.25) is 0 Å². The van der Waals surface area contributed by atoms with Crippen molar-refractivity contribution in [1.82, 2.24) is 5.01 Å². The van der Waals surface area contributed by atoms with Crippen molar-refractivity contribution in [2.45, 2.75) is 6.92 Å². The zero-order chi connectivity index (χ0) is 16.9. The van der Waals surface area contributed by atoms with E-state index in [2.05, 4.69) is 41.2 Å². The lowest BCUT2D eigenvalue weighted by atomic mass is 10.2. The van der Waals surface area contributed by atoms with E-state index in [-0.39, 0.29) is 10.6 Å². The monoisotopic (exact) mass is 324 g/mol. The number of hydrazone groups is 1. The van der Waals surface area contributed by atoms with Crippen molar-refractivity contribution in [3.05, 3.63) is 69.8 Å². The molecule has 1 aliphatic rings. The molecule has 2 aromatic carbocycles. The number of rotatable bonds is 4. The highest BCUT2D eigenvalue weighted by Crippen LogP contribution is 2.18. The first-order chi connectivity index (χ1) is 11.6. The van der Waals surface area contributed by atoms with Gasteiger partial charge in [0.05, 0.1) is 29.8 Å². The fraction of sp³-hybridized carbons (Fsp3) is 0.278. The van der Waals surface area contributed by atoms with Gasteiger partial charge in [-0.25, -0.2) is 0 Å². The van der Waals surface area contributed by atoms with Gasteiger partial charge in [0.1, 0.15) is 0 Å². The van der Waals surface area contributed by atoms with E-state index in [4.69, 9.17) is 0 Å². The highest BCUT2D eigenvalue weighted by atomic mass is 16.6. The third kappa shape index (κ3) is 3.71. The lowest BCUT2D eigenvalue weighted by Gasteiger charge is -2.34. The minimum Gasteiger partial charge on any atom is -0.368 e. The Kier molecular flexibility index (Phi) is 4.74. The number of para-hydroxylation sites is 1. The molecule has 0 amide bonds. The van der Waals surface area contributed by atoms with Crippen LogP contribution in [-0.4, -0.2) is 42.3 Å². The van der Waals surface area contributed by atoms with Crippen LogP contribution in [0.25, 0.3) is 0 Å². The summed E-state index contributed by atoms with van der Waals surface area (Å²) in [4.78, 5) is 13.0. The Labute approximate surface area is 141 Å². The van der Waals surface area contributed by atoms with Crippen LogP contribution >= 0.6 is 0 Å². The van der Waals surface area contributed by atoms with Gasteiger partial charge in [0.15, 0.2) is 0 Å². The number of benzene rings is 2. The highest BCUT2D eigenvalue weighted by molar-refractivity contribution is 5.85. The average Bonchev–Trinajstić information content (AvgIpc) is 2.61. The standard InChI is InChI=1S/C18H20N4O2/c1-15-6-8-17(9-7-15)20-10-12-21(13-11-20)19-14-16-4-2-3-5-18(16)22(23)24/h2-9,14H,10-13H2,1H3/b19-14+. The number of nitro groups is 1. The molecule has 1 heterocycles. The first-order valence-electron chi connectivity index (χ1n) is 7.97. The molecule has 0 atom stereocenters. The molecule has 3 rings (SSSR count). The molecule has 0 aliphatic carbocycles. The number of hydrogen-bond acceptors (Lipinski definition) is 5. The van der Waals surface area contributed by atoms with Crippen LogP contribution in [0.5, 0.6) is 0 Å². The first kappa shape index (κ1) is 16.0. The van der Waals surface area contributed by atoms with E-state index in [0.717, 1.165) is 26.2 Å². The molecule has 6 heteroatoms. The molecule has 24 heavy (non-hydrogen) atoms. The van der Waals surface area contributed by atoms with Gasteiger partial charge in [-0.2, -0.15) is 5.10 Å². The van der Waals surface area contributed by atoms with Gasteiger partial charge < -0.3 is 4.90 Å². The molecule has 0 unspecified atom stereocenters. The molecule has 0 saturated carbocycles. The minimum atomic E-state index is -0.378. The second-order valence-electron chi connectivity index (χ2n) is 5.84. The molecule has 0 radical (unpaired) electrons. The number of aryl methyl sites for hydroxylation is 1. The fourth-order valence-corrected chi connectivity index (χ4v) is 2.73. The summed E-state index contributed by atoms with van der Waals surface area (Å²) in [6.45, 7) is 5.45. The fourth-order valence-electron chi connectivity index (χ4n) is 2.73. The number of piperazine rings is 1. The summed E-state index contributed by atoms with van der Waals surface area (Å²) < 4.78 is 0. The summed E-state index contributed by atoms with van der Waals surface area (Å²) in [7, 11) is 0. The van der Waals surface area contributed by atoms with Gasteiger partial charge in [-0.05, 0) is 25.1 Å². The quantitative estimate of drug-likeness (QED) is 0.493. The predicted molar refractivity (Wildman–Crippen MR) is 95.7 cm³/mol. The van der Waals surface area contributed by atoms with Gasteiger partial charge in [-0.15, -0.1) is 0 Å². The number of anilines is 1. The Morgan fingerprint density at radius 1 is 1.04 bits per heavy atom. The molecule has 2 aromatic rings. The minimum absolute atomic E-state index is 0.0829. The smallest absolute Gasteiger partial charge is 0.278 e. The predicted octanol–water partition coefficient (Wildman–Crippen LogP) is 3.06. The molecule has 0 aromatic heterocycles. The summed E-state index contributed by atoms with van der Waals surface area (Å²) in [6, 6.07) is 15.2. The molecule has 0 spiro atoms. The van der Waals surface area contributed by atoms with E-state index < -0.39 is 0 Å². The summed E-state index contributed by atoms with van der Waals surface area (Å²) in [5.74, 6) is 0. The maximum atomic E-state index is 11.0. The molecule has 0 N–H and O–H groups in total.